The van der Waals surface area contributed by atoms with Crippen molar-refractivity contribution < 1.29 is 4.79 Å². The first-order valence-corrected chi connectivity index (χ1v) is 7.04. The Morgan fingerprint density at radius 3 is 2.88 bits per heavy atom. The molecule has 1 fully saturated rings. The maximum Gasteiger partial charge on any atom is 0.222 e. The molecule has 3 nitrogen and oxygen atoms in total. The van der Waals surface area contributed by atoms with E-state index >= 15 is 0 Å². The summed E-state index contributed by atoms with van der Waals surface area (Å²) in [6, 6.07) is 0.378. The molecule has 0 aromatic heterocycles. The van der Waals surface area contributed by atoms with Gasteiger partial charge in [-0.1, -0.05) is 13.3 Å². The molecule has 1 radical (unpaired) electrons. The molecular formula is C14H27N2O. The molecule has 0 spiro atoms. The van der Waals surface area contributed by atoms with Crippen molar-refractivity contribution in [2.24, 2.45) is 5.92 Å². The Bertz CT molecular complexity index is 224. The highest BCUT2D eigenvalue weighted by Crippen LogP contribution is 2.17. The predicted octanol–water partition coefficient (Wildman–Crippen LogP) is 2.43. The Morgan fingerprint density at radius 1 is 1.53 bits per heavy atom. The van der Waals surface area contributed by atoms with Gasteiger partial charge in [0.05, 0.1) is 0 Å². The molecular weight excluding hydrogens is 212 g/mol. The van der Waals surface area contributed by atoms with Crippen LogP contribution in [0.2, 0.25) is 0 Å². The molecule has 1 rings (SSSR count). The van der Waals surface area contributed by atoms with Crippen molar-refractivity contribution in [1.29, 1.82) is 0 Å². The van der Waals surface area contributed by atoms with Crippen LogP contribution in [0.3, 0.4) is 0 Å². The second-order valence-corrected chi connectivity index (χ2v) is 5.32. The minimum Gasteiger partial charge on any atom is -0.343 e. The third-order valence-corrected chi connectivity index (χ3v) is 3.84. The number of hydrogen-bond acceptors (Lipinski definition) is 1. The zero-order chi connectivity index (χ0) is 12.7. The van der Waals surface area contributed by atoms with Crippen LogP contribution in [-0.4, -0.2) is 37.0 Å². The molecule has 0 aromatic rings. The smallest absolute Gasteiger partial charge is 0.222 e. The highest BCUT2D eigenvalue weighted by molar-refractivity contribution is 5.76. The summed E-state index contributed by atoms with van der Waals surface area (Å²) in [5, 5.41) is 4.42. The van der Waals surface area contributed by atoms with Crippen LogP contribution in [0.15, 0.2) is 0 Å². The Kier molecular flexibility index (Phi) is 6.56. The fourth-order valence-corrected chi connectivity index (χ4v) is 2.45. The standard InChI is InChI=1S/C14H27N2O/c1-4-6-12(2)16(3)14(17)9-8-13-7-5-10-15-11-13/h12-13H,4-11H2,1-3H3. The average Bonchev–Trinajstić information content (AvgIpc) is 2.36. The molecule has 1 heterocycles. The summed E-state index contributed by atoms with van der Waals surface area (Å²) in [5.41, 5.74) is 0. The van der Waals surface area contributed by atoms with E-state index in [-0.39, 0.29) is 0 Å². The number of hydrogen-bond donors (Lipinski definition) is 0. The van der Waals surface area contributed by atoms with E-state index in [1.807, 2.05) is 11.9 Å². The number of rotatable bonds is 6. The number of piperidine rings is 1. The lowest BCUT2D eigenvalue weighted by Gasteiger charge is -2.26. The second kappa shape index (κ2) is 7.70. The molecule has 1 aliphatic rings. The summed E-state index contributed by atoms with van der Waals surface area (Å²) in [6.45, 7) is 6.30. The zero-order valence-electron chi connectivity index (χ0n) is 11.6. The van der Waals surface area contributed by atoms with Crippen LogP contribution >= 0.6 is 0 Å². The lowest BCUT2D eigenvalue weighted by molar-refractivity contribution is -0.132. The molecule has 1 amide bonds. The van der Waals surface area contributed by atoms with E-state index in [2.05, 4.69) is 19.2 Å². The van der Waals surface area contributed by atoms with E-state index in [1.54, 1.807) is 0 Å². The fraction of sp³-hybridized carbons (Fsp3) is 0.929. The van der Waals surface area contributed by atoms with Gasteiger partial charge in [-0.2, -0.15) is 0 Å². The molecule has 0 N–H and O–H groups in total. The number of nitrogens with zero attached hydrogens (tertiary/aromatic N) is 2. The fourth-order valence-electron chi connectivity index (χ4n) is 2.45. The number of amides is 1. The highest BCUT2D eigenvalue weighted by atomic mass is 16.2. The minimum absolute atomic E-state index is 0.302. The van der Waals surface area contributed by atoms with Crippen LogP contribution in [0.1, 0.15) is 52.4 Å². The molecule has 2 unspecified atom stereocenters. The van der Waals surface area contributed by atoms with Crippen molar-refractivity contribution in [1.82, 2.24) is 10.2 Å². The Labute approximate surface area is 106 Å². The summed E-state index contributed by atoms with van der Waals surface area (Å²) in [7, 11) is 1.94. The first-order valence-electron chi connectivity index (χ1n) is 7.04. The number of carbonyl (C=O) groups is 1. The van der Waals surface area contributed by atoms with E-state index in [4.69, 9.17) is 0 Å². The zero-order valence-corrected chi connectivity index (χ0v) is 11.6. The SMILES string of the molecule is CCCC(C)N(C)C(=O)CCC1CCC[N]C1. The third-order valence-electron chi connectivity index (χ3n) is 3.84. The van der Waals surface area contributed by atoms with Crippen molar-refractivity contribution >= 4 is 5.91 Å². The lowest BCUT2D eigenvalue weighted by atomic mass is 9.94. The number of carbonyl (C=O) groups excluding carboxylic acids is 1. The Balaban J connectivity index is 2.23. The van der Waals surface area contributed by atoms with Crippen LogP contribution in [0.25, 0.3) is 0 Å². The van der Waals surface area contributed by atoms with E-state index < -0.39 is 0 Å². The van der Waals surface area contributed by atoms with Crippen molar-refractivity contribution in [2.45, 2.75) is 58.4 Å². The molecule has 99 valence electrons. The Hall–Kier alpha value is -0.570. The largest absolute Gasteiger partial charge is 0.343 e. The lowest BCUT2D eigenvalue weighted by Crippen LogP contribution is -2.35. The van der Waals surface area contributed by atoms with Gasteiger partial charge in [0, 0.05) is 32.6 Å². The minimum atomic E-state index is 0.302. The molecule has 17 heavy (non-hydrogen) atoms. The summed E-state index contributed by atoms with van der Waals surface area (Å²) < 4.78 is 0. The first kappa shape index (κ1) is 14.5. The van der Waals surface area contributed by atoms with Gasteiger partial charge in [0.2, 0.25) is 5.91 Å². The normalized spacial score (nSPS) is 22.2. The van der Waals surface area contributed by atoms with Gasteiger partial charge >= 0.3 is 0 Å². The van der Waals surface area contributed by atoms with Crippen molar-refractivity contribution in [3.05, 3.63) is 0 Å². The second-order valence-electron chi connectivity index (χ2n) is 5.32. The van der Waals surface area contributed by atoms with Crippen LogP contribution in [0.4, 0.5) is 0 Å². The van der Waals surface area contributed by atoms with Gasteiger partial charge in [-0.15, -0.1) is 0 Å². The van der Waals surface area contributed by atoms with Crippen molar-refractivity contribution in [3.8, 4) is 0 Å². The molecule has 1 saturated heterocycles. The molecule has 0 bridgehead atoms. The van der Waals surface area contributed by atoms with Crippen LogP contribution in [0, 0.1) is 5.92 Å². The molecule has 0 saturated carbocycles. The molecule has 3 heteroatoms. The maximum absolute atomic E-state index is 12.0. The van der Waals surface area contributed by atoms with Gasteiger partial charge < -0.3 is 4.90 Å². The predicted molar refractivity (Wildman–Crippen MR) is 71.0 cm³/mol. The monoisotopic (exact) mass is 239 g/mol. The molecule has 2 atom stereocenters. The van der Waals surface area contributed by atoms with Crippen LogP contribution < -0.4 is 5.32 Å². The molecule has 0 aromatic carbocycles. The van der Waals surface area contributed by atoms with Crippen LogP contribution in [-0.2, 0) is 4.79 Å². The molecule has 1 aliphatic heterocycles. The topological polar surface area (TPSA) is 34.4 Å². The summed E-state index contributed by atoms with van der Waals surface area (Å²) in [5.74, 6) is 0.958. The summed E-state index contributed by atoms with van der Waals surface area (Å²) in [6.07, 6.45) is 6.42. The highest BCUT2D eigenvalue weighted by Gasteiger charge is 2.18. The van der Waals surface area contributed by atoms with Crippen molar-refractivity contribution in [3.63, 3.8) is 0 Å². The van der Waals surface area contributed by atoms with E-state index in [9.17, 15) is 4.79 Å². The quantitative estimate of drug-likeness (QED) is 0.701. The van der Waals surface area contributed by atoms with E-state index in [0.717, 1.165) is 32.4 Å². The Morgan fingerprint density at radius 2 is 2.29 bits per heavy atom. The van der Waals surface area contributed by atoms with Gasteiger partial charge in [-0.25, -0.2) is 5.32 Å². The van der Waals surface area contributed by atoms with E-state index in [1.165, 1.54) is 12.8 Å². The average molecular weight is 239 g/mol. The van der Waals surface area contributed by atoms with Gasteiger partial charge in [0.15, 0.2) is 0 Å². The first-order chi connectivity index (χ1) is 8.15. The maximum atomic E-state index is 12.0. The summed E-state index contributed by atoms with van der Waals surface area (Å²) >= 11 is 0. The van der Waals surface area contributed by atoms with Gasteiger partial charge in [-0.05, 0) is 38.5 Å². The van der Waals surface area contributed by atoms with Gasteiger partial charge in [0.25, 0.3) is 0 Å². The molecule has 0 aliphatic carbocycles. The van der Waals surface area contributed by atoms with Gasteiger partial charge in [0.1, 0.15) is 0 Å². The van der Waals surface area contributed by atoms with Gasteiger partial charge in [-0.3, -0.25) is 4.79 Å². The van der Waals surface area contributed by atoms with E-state index in [0.29, 0.717) is 24.3 Å². The van der Waals surface area contributed by atoms with Crippen molar-refractivity contribution in [2.75, 3.05) is 20.1 Å². The van der Waals surface area contributed by atoms with Crippen LogP contribution in [0.5, 0.6) is 0 Å². The third kappa shape index (κ3) is 5.07. The summed E-state index contributed by atoms with van der Waals surface area (Å²) in [4.78, 5) is 13.9.